The number of hydrogen-bond donors (Lipinski definition) is 0. The monoisotopic (exact) mass is 650 g/mol. The van der Waals surface area contributed by atoms with E-state index in [1.807, 2.05) is 12.3 Å². The smallest absolute Gasteiger partial charge is 0.137 e. The molecule has 1 unspecified atom stereocenters. The van der Waals surface area contributed by atoms with Gasteiger partial charge in [-0.15, -0.1) is 0 Å². The predicted molar refractivity (Wildman–Crippen MR) is 204 cm³/mol. The van der Waals surface area contributed by atoms with Crippen molar-refractivity contribution in [2.24, 2.45) is 5.92 Å². The molecule has 0 spiro atoms. The van der Waals surface area contributed by atoms with Crippen LogP contribution in [0.1, 0.15) is 107 Å². The number of fused-ring (bicyclic) bond motifs is 3. The molecule has 0 N–H and O–H groups in total. The van der Waals surface area contributed by atoms with Gasteiger partial charge in [-0.2, -0.15) is 5.10 Å². The number of aryl methyl sites for hydroxylation is 2. The first-order valence-electron chi connectivity index (χ1n) is 18.3. The fraction of sp³-hybridized carbons (Fsp3) is 0.364. The van der Waals surface area contributed by atoms with Crippen LogP contribution < -0.4 is 4.74 Å². The van der Waals surface area contributed by atoms with Crippen molar-refractivity contribution in [2.75, 3.05) is 0 Å². The zero-order valence-corrected chi connectivity index (χ0v) is 30.3. The van der Waals surface area contributed by atoms with Crippen molar-refractivity contribution in [3.8, 4) is 23.0 Å². The summed E-state index contributed by atoms with van der Waals surface area (Å²) in [5, 5.41) is 7.77. The molecule has 5 heteroatoms. The van der Waals surface area contributed by atoms with Gasteiger partial charge in [0.05, 0.1) is 22.4 Å². The van der Waals surface area contributed by atoms with Crippen molar-refractivity contribution in [1.29, 1.82) is 0 Å². The second kappa shape index (κ2) is 13.7. The van der Waals surface area contributed by atoms with Gasteiger partial charge < -0.3 is 4.74 Å². The largest absolute Gasteiger partial charge is 0.457 e. The molecular formula is C44H50N4O. The van der Waals surface area contributed by atoms with Gasteiger partial charge in [-0.1, -0.05) is 70.9 Å². The number of ether oxygens (including phenoxy) is 1. The number of rotatable bonds is 10. The van der Waals surface area contributed by atoms with E-state index in [1.54, 1.807) is 0 Å². The van der Waals surface area contributed by atoms with Crippen molar-refractivity contribution in [3.05, 3.63) is 119 Å². The Hall–Kier alpha value is -4.64. The summed E-state index contributed by atoms with van der Waals surface area (Å²) in [6, 6.07) is 25.9. The second-order valence-corrected chi connectivity index (χ2v) is 14.4. The van der Waals surface area contributed by atoms with Crippen molar-refractivity contribution in [1.82, 2.24) is 19.3 Å². The van der Waals surface area contributed by atoms with Crippen LogP contribution in [-0.4, -0.2) is 19.3 Å². The molecule has 1 aliphatic rings. The van der Waals surface area contributed by atoms with E-state index in [4.69, 9.17) is 14.8 Å². The lowest BCUT2D eigenvalue weighted by Gasteiger charge is -2.30. The van der Waals surface area contributed by atoms with E-state index in [1.165, 1.54) is 57.3 Å². The van der Waals surface area contributed by atoms with Crippen molar-refractivity contribution >= 4 is 21.8 Å². The first kappa shape index (κ1) is 32.9. The van der Waals surface area contributed by atoms with Gasteiger partial charge >= 0.3 is 0 Å². The molecule has 0 saturated heterocycles. The van der Waals surface area contributed by atoms with E-state index < -0.39 is 0 Å². The topological polar surface area (TPSA) is 44.9 Å². The standard InChI is InChI=1S/C44H50N4O/c1-8-10-17-40-44(43-30(6)14-13-15-31(43)7)38(9-2)46-48(40)33-24-32(28(3)4)25-35(26-33)49-34-19-20-37-36-16-11-12-18-39(36)47(41(37)27-34)42-23-29(5)21-22-45-42/h11-12,14,16,18-28,31,43H,8-10,13,15,17H2,1-7H3/t31-,43?/m0/s1. The van der Waals surface area contributed by atoms with Crippen LogP contribution in [0, 0.1) is 12.8 Å². The molecular weight excluding hydrogens is 601 g/mol. The third-order valence-electron chi connectivity index (χ3n) is 10.5. The van der Waals surface area contributed by atoms with Gasteiger partial charge in [-0.3, -0.25) is 4.57 Å². The third kappa shape index (κ3) is 6.20. The molecule has 49 heavy (non-hydrogen) atoms. The summed E-state index contributed by atoms with van der Waals surface area (Å²) in [5.41, 5.74) is 11.3. The highest BCUT2D eigenvalue weighted by atomic mass is 16.5. The molecule has 3 aromatic carbocycles. The summed E-state index contributed by atoms with van der Waals surface area (Å²) in [7, 11) is 0. The van der Waals surface area contributed by atoms with Crippen molar-refractivity contribution < 1.29 is 4.74 Å². The highest BCUT2D eigenvalue weighted by molar-refractivity contribution is 6.09. The molecule has 0 fully saturated rings. The summed E-state index contributed by atoms with van der Waals surface area (Å²) >= 11 is 0. The lowest BCUT2D eigenvalue weighted by atomic mass is 9.74. The average molecular weight is 651 g/mol. The van der Waals surface area contributed by atoms with Crippen LogP contribution in [0.25, 0.3) is 33.3 Å². The van der Waals surface area contributed by atoms with Crippen LogP contribution in [0.15, 0.2) is 90.6 Å². The fourth-order valence-electron chi connectivity index (χ4n) is 7.92. The van der Waals surface area contributed by atoms with Crippen LogP contribution in [0.4, 0.5) is 0 Å². The van der Waals surface area contributed by atoms with Gasteiger partial charge in [0.25, 0.3) is 0 Å². The van der Waals surface area contributed by atoms with E-state index in [0.29, 0.717) is 17.8 Å². The number of unbranched alkanes of at least 4 members (excludes halogenated alkanes) is 1. The Morgan fingerprint density at radius 1 is 0.898 bits per heavy atom. The summed E-state index contributed by atoms with van der Waals surface area (Å²) in [6.45, 7) is 15.9. The maximum Gasteiger partial charge on any atom is 0.137 e. The van der Waals surface area contributed by atoms with Crippen LogP contribution >= 0.6 is 0 Å². The molecule has 0 aliphatic heterocycles. The van der Waals surface area contributed by atoms with Gasteiger partial charge in [0.1, 0.15) is 17.3 Å². The van der Waals surface area contributed by atoms with Gasteiger partial charge in [-0.25, -0.2) is 9.67 Å². The van der Waals surface area contributed by atoms with Gasteiger partial charge in [0.15, 0.2) is 0 Å². The van der Waals surface area contributed by atoms with E-state index >= 15 is 0 Å². The first-order chi connectivity index (χ1) is 23.8. The number of aromatic nitrogens is 4. The molecule has 0 bridgehead atoms. The fourth-order valence-corrected chi connectivity index (χ4v) is 7.92. The number of pyridine rings is 1. The Morgan fingerprint density at radius 3 is 2.47 bits per heavy atom. The highest BCUT2D eigenvalue weighted by Gasteiger charge is 2.31. The Kier molecular flexibility index (Phi) is 9.19. The Balaban J connectivity index is 1.35. The van der Waals surface area contributed by atoms with Gasteiger partial charge in [0, 0.05) is 46.3 Å². The first-order valence-corrected chi connectivity index (χ1v) is 18.3. The lowest BCUT2D eigenvalue weighted by Crippen LogP contribution is -2.18. The number of para-hydroxylation sites is 1. The highest BCUT2D eigenvalue weighted by Crippen LogP contribution is 2.43. The molecule has 0 amide bonds. The van der Waals surface area contributed by atoms with E-state index in [9.17, 15) is 0 Å². The number of allylic oxidation sites excluding steroid dienone is 2. The minimum atomic E-state index is 0.336. The SMILES string of the molecule is CCCCc1c(C2C(C)=CCC[C@@H]2C)c(CC)nn1-c1cc(Oc2ccc3c4ccccc4n(-c4cc(C)ccn4)c3c2)cc(C(C)C)c1. The van der Waals surface area contributed by atoms with Crippen LogP contribution in [0.2, 0.25) is 0 Å². The minimum absolute atomic E-state index is 0.336. The van der Waals surface area contributed by atoms with Gasteiger partial charge in [0.2, 0.25) is 0 Å². The number of hydrogen-bond acceptors (Lipinski definition) is 3. The molecule has 6 aromatic rings. The predicted octanol–water partition coefficient (Wildman–Crippen LogP) is 12.0. The lowest BCUT2D eigenvalue weighted by molar-refractivity contribution is 0.445. The summed E-state index contributed by atoms with van der Waals surface area (Å²) in [4.78, 5) is 4.77. The molecule has 2 atom stereocenters. The van der Waals surface area contributed by atoms with Crippen molar-refractivity contribution in [3.63, 3.8) is 0 Å². The Morgan fingerprint density at radius 2 is 1.71 bits per heavy atom. The Bertz CT molecular complexity index is 2160. The van der Waals surface area contributed by atoms with Crippen LogP contribution in [-0.2, 0) is 12.8 Å². The zero-order chi connectivity index (χ0) is 34.2. The summed E-state index contributed by atoms with van der Waals surface area (Å²) in [5.74, 6) is 3.91. The molecule has 252 valence electrons. The Labute approximate surface area is 291 Å². The summed E-state index contributed by atoms with van der Waals surface area (Å²) < 4.78 is 11.3. The molecule has 1 aliphatic carbocycles. The summed E-state index contributed by atoms with van der Waals surface area (Å²) in [6.07, 6.45) is 11.0. The minimum Gasteiger partial charge on any atom is -0.457 e. The second-order valence-electron chi connectivity index (χ2n) is 14.4. The quantitative estimate of drug-likeness (QED) is 0.139. The van der Waals surface area contributed by atoms with E-state index in [2.05, 4.69) is 131 Å². The zero-order valence-electron chi connectivity index (χ0n) is 30.3. The maximum absolute atomic E-state index is 6.80. The normalized spacial score (nSPS) is 16.5. The molecule has 3 aromatic heterocycles. The third-order valence-corrected chi connectivity index (χ3v) is 10.5. The van der Waals surface area contributed by atoms with Gasteiger partial charge in [-0.05, 0) is 111 Å². The number of nitrogens with zero attached hydrogens (tertiary/aromatic N) is 4. The van der Waals surface area contributed by atoms with Crippen molar-refractivity contribution in [2.45, 2.75) is 98.8 Å². The molecule has 0 saturated carbocycles. The van der Waals surface area contributed by atoms with Crippen LogP contribution in [0.3, 0.4) is 0 Å². The molecule has 3 heterocycles. The number of benzene rings is 3. The average Bonchev–Trinajstić information content (AvgIpc) is 3.62. The maximum atomic E-state index is 6.80. The molecule has 5 nitrogen and oxygen atoms in total. The van der Waals surface area contributed by atoms with E-state index in [0.717, 1.165) is 59.7 Å². The van der Waals surface area contributed by atoms with E-state index in [-0.39, 0.29) is 0 Å². The van der Waals surface area contributed by atoms with Crippen LogP contribution in [0.5, 0.6) is 11.5 Å². The molecule has 0 radical (unpaired) electrons. The molecule has 7 rings (SSSR count).